The van der Waals surface area contributed by atoms with Gasteiger partial charge in [0.15, 0.2) is 16.6 Å². The third kappa shape index (κ3) is 5.23. The van der Waals surface area contributed by atoms with Crippen molar-refractivity contribution in [1.82, 2.24) is 9.88 Å². The topological polar surface area (TPSA) is 63.7 Å². The maximum Gasteiger partial charge on any atom is 0.236 e. The first-order valence-corrected chi connectivity index (χ1v) is 14.5. The van der Waals surface area contributed by atoms with Crippen molar-refractivity contribution in [2.24, 2.45) is 0 Å². The number of carbonyl (C=O) groups excluding carboxylic acids is 1. The van der Waals surface area contributed by atoms with E-state index in [4.69, 9.17) is 21.1 Å². The normalized spacial score (nSPS) is 16.2. The number of thioether (sulfide) groups is 1. The zero-order valence-corrected chi connectivity index (χ0v) is 22.8. The van der Waals surface area contributed by atoms with Crippen molar-refractivity contribution in [2.45, 2.75) is 37.4 Å². The van der Waals surface area contributed by atoms with Gasteiger partial charge < -0.3 is 19.7 Å². The van der Waals surface area contributed by atoms with Crippen molar-refractivity contribution in [3.05, 3.63) is 69.7 Å². The first-order chi connectivity index (χ1) is 17.5. The summed E-state index contributed by atoms with van der Waals surface area (Å²) in [5, 5.41) is 4.51. The van der Waals surface area contributed by atoms with Crippen LogP contribution in [0.3, 0.4) is 0 Å². The number of aromatic nitrogens is 1. The Hall–Kier alpha value is -2.26. The summed E-state index contributed by atoms with van der Waals surface area (Å²) >= 11 is 9.99. The second-order valence-electron chi connectivity index (χ2n) is 8.97. The lowest BCUT2D eigenvalue weighted by molar-refractivity contribution is -0.118. The van der Waals surface area contributed by atoms with E-state index in [1.807, 2.05) is 54.4 Å². The van der Waals surface area contributed by atoms with E-state index in [0.29, 0.717) is 10.9 Å². The Morgan fingerprint density at radius 1 is 1.19 bits per heavy atom. The van der Waals surface area contributed by atoms with Crippen LogP contribution in [-0.2, 0) is 10.2 Å². The minimum Gasteiger partial charge on any atom is -0.454 e. The van der Waals surface area contributed by atoms with Gasteiger partial charge in [0.1, 0.15) is 0 Å². The Kier molecular flexibility index (Phi) is 7.76. The molecule has 0 saturated heterocycles. The van der Waals surface area contributed by atoms with Crippen molar-refractivity contribution in [1.29, 1.82) is 0 Å². The van der Waals surface area contributed by atoms with Gasteiger partial charge in [0.25, 0.3) is 0 Å². The lowest BCUT2D eigenvalue weighted by atomic mass is 9.94. The zero-order chi connectivity index (χ0) is 25.1. The lowest BCUT2D eigenvalue weighted by Gasteiger charge is -2.21. The molecular weight excluding hydrogens is 514 g/mol. The number of amides is 1. The van der Waals surface area contributed by atoms with Gasteiger partial charge in [0, 0.05) is 28.4 Å². The molecule has 1 saturated carbocycles. The van der Waals surface area contributed by atoms with Gasteiger partial charge in [-0.2, -0.15) is 0 Å². The van der Waals surface area contributed by atoms with Crippen LogP contribution in [0.2, 0.25) is 5.02 Å². The molecular formula is C27H30ClN3O3S2. The predicted molar refractivity (Wildman–Crippen MR) is 148 cm³/mol. The fourth-order valence-corrected chi connectivity index (χ4v) is 7.18. The molecule has 0 radical (unpaired) electrons. The third-order valence-corrected chi connectivity index (χ3v) is 9.62. The molecule has 2 aliphatic rings. The van der Waals surface area contributed by atoms with Crippen molar-refractivity contribution in [3.63, 3.8) is 0 Å². The quantitative estimate of drug-likeness (QED) is 0.303. The van der Waals surface area contributed by atoms with Crippen LogP contribution in [0.4, 0.5) is 5.13 Å². The SMILES string of the molecule is CCN(CC)CCSC(c1cnc(NC(=O)C2(c3ccc4c(c3)OCO4)CC2)s1)c1ccccc1Cl. The number of nitrogens with one attached hydrogen (secondary N) is 1. The fraction of sp³-hybridized carbons (Fsp3) is 0.407. The molecule has 1 aliphatic carbocycles. The molecule has 1 unspecified atom stereocenters. The number of anilines is 1. The Balaban J connectivity index is 1.32. The number of nitrogens with zero attached hydrogens (tertiary/aromatic N) is 2. The molecule has 0 spiro atoms. The molecule has 1 aromatic heterocycles. The first-order valence-electron chi connectivity index (χ1n) is 12.3. The molecule has 3 aromatic rings. The Morgan fingerprint density at radius 2 is 1.97 bits per heavy atom. The monoisotopic (exact) mass is 543 g/mol. The molecule has 6 nitrogen and oxygen atoms in total. The number of halogens is 1. The summed E-state index contributed by atoms with van der Waals surface area (Å²) < 4.78 is 10.9. The molecule has 1 aliphatic heterocycles. The van der Waals surface area contributed by atoms with Gasteiger partial charge in [0.05, 0.1) is 10.7 Å². The van der Waals surface area contributed by atoms with Crippen molar-refractivity contribution >= 4 is 45.7 Å². The van der Waals surface area contributed by atoms with E-state index in [2.05, 4.69) is 35.1 Å². The highest BCUT2D eigenvalue weighted by atomic mass is 35.5. The average molecular weight is 544 g/mol. The Labute approximate surface area is 225 Å². The van der Waals surface area contributed by atoms with Crippen LogP contribution in [0.5, 0.6) is 11.5 Å². The summed E-state index contributed by atoms with van der Waals surface area (Å²) in [5.41, 5.74) is 1.50. The molecule has 0 bridgehead atoms. The molecule has 2 aromatic carbocycles. The van der Waals surface area contributed by atoms with Gasteiger partial charge in [-0.15, -0.1) is 23.1 Å². The van der Waals surface area contributed by atoms with Crippen LogP contribution in [0.1, 0.15) is 47.9 Å². The van der Waals surface area contributed by atoms with Gasteiger partial charge in [-0.25, -0.2) is 4.98 Å². The minimum atomic E-state index is -0.534. The van der Waals surface area contributed by atoms with Crippen LogP contribution < -0.4 is 14.8 Å². The zero-order valence-electron chi connectivity index (χ0n) is 20.5. The number of benzene rings is 2. The van der Waals surface area contributed by atoms with Crippen molar-refractivity contribution < 1.29 is 14.3 Å². The van der Waals surface area contributed by atoms with Crippen molar-refractivity contribution in [2.75, 3.05) is 37.5 Å². The molecule has 1 fully saturated rings. The second-order valence-corrected chi connectivity index (χ2v) is 11.7. The molecule has 9 heteroatoms. The first kappa shape index (κ1) is 25.4. The van der Waals surface area contributed by atoms with E-state index in [0.717, 1.165) is 65.0 Å². The minimum absolute atomic E-state index is 0.0225. The number of ether oxygens (including phenoxy) is 2. The highest BCUT2D eigenvalue weighted by Gasteiger charge is 2.52. The van der Waals surface area contributed by atoms with Crippen LogP contribution in [-0.4, -0.2) is 48.0 Å². The highest BCUT2D eigenvalue weighted by molar-refractivity contribution is 7.99. The summed E-state index contributed by atoms with van der Waals surface area (Å²) in [4.78, 5) is 21.4. The molecule has 36 heavy (non-hydrogen) atoms. The fourth-order valence-electron chi connectivity index (χ4n) is 4.50. The van der Waals surface area contributed by atoms with E-state index in [1.165, 1.54) is 11.3 Å². The summed E-state index contributed by atoms with van der Waals surface area (Å²) in [6.07, 6.45) is 3.49. The average Bonchev–Trinajstić information content (AvgIpc) is 3.35. The highest BCUT2D eigenvalue weighted by Crippen LogP contribution is 2.51. The molecule has 1 atom stereocenters. The van der Waals surface area contributed by atoms with Gasteiger partial charge in [-0.1, -0.05) is 49.7 Å². The van der Waals surface area contributed by atoms with E-state index >= 15 is 0 Å². The molecule has 1 N–H and O–H groups in total. The number of thiazole rings is 1. The second kappa shape index (κ2) is 11.0. The van der Waals surface area contributed by atoms with Gasteiger partial charge >= 0.3 is 0 Å². The van der Waals surface area contributed by atoms with E-state index in [1.54, 1.807) is 0 Å². The number of rotatable bonds is 11. The lowest BCUT2D eigenvalue weighted by Crippen LogP contribution is -2.27. The summed E-state index contributed by atoms with van der Waals surface area (Å²) in [6.45, 7) is 7.69. The molecule has 1 amide bonds. The Bertz CT molecular complexity index is 1230. The summed E-state index contributed by atoms with van der Waals surface area (Å²) in [5.74, 6) is 2.38. The maximum absolute atomic E-state index is 13.4. The standard InChI is InChI=1S/C27H30ClN3O3S2/c1-3-31(4-2)13-14-35-24(19-7-5-6-8-20(19)28)23-16-29-26(36-23)30-25(32)27(11-12-27)18-9-10-21-22(15-18)34-17-33-21/h5-10,15-16,24H,3-4,11-14,17H2,1-2H3,(H,29,30,32). The maximum atomic E-state index is 13.4. The Morgan fingerprint density at radius 3 is 2.72 bits per heavy atom. The third-order valence-electron chi connectivity index (χ3n) is 6.89. The smallest absolute Gasteiger partial charge is 0.236 e. The molecule has 190 valence electrons. The van der Waals surface area contributed by atoms with Crippen LogP contribution >= 0.6 is 34.7 Å². The largest absolute Gasteiger partial charge is 0.454 e. The van der Waals surface area contributed by atoms with Crippen LogP contribution in [0, 0.1) is 0 Å². The van der Waals surface area contributed by atoms with Gasteiger partial charge in [-0.05, 0) is 55.3 Å². The summed E-state index contributed by atoms with van der Waals surface area (Å²) in [7, 11) is 0. The van der Waals surface area contributed by atoms with Crippen molar-refractivity contribution in [3.8, 4) is 11.5 Å². The van der Waals surface area contributed by atoms with E-state index in [-0.39, 0.29) is 18.0 Å². The van der Waals surface area contributed by atoms with Gasteiger partial charge in [-0.3, -0.25) is 4.79 Å². The number of hydrogen-bond donors (Lipinski definition) is 1. The van der Waals surface area contributed by atoms with E-state index in [9.17, 15) is 4.79 Å². The number of carbonyl (C=O) groups is 1. The molecule has 5 rings (SSSR count). The predicted octanol–water partition coefficient (Wildman–Crippen LogP) is 6.36. The van der Waals surface area contributed by atoms with E-state index < -0.39 is 5.41 Å². The number of fused-ring (bicyclic) bond motifs is 1. The van der Waals surface area contributed by atoms with Crippen LogP contribution in [0.15, 0.2) is 48.7 Å². The van der Waals surface area contributed by atoms with Gasteiger partial charge in [0.2, 0.25) is 12.7 Å². The summed E-state index contributed by atoms with van der Waals surface area (Å²) in [6, 6.07) is 13.8. The molecule has 2 heterocycles. The number of hydrogen-bond acceptors (Lipinski definition) is 7. The van der Waals surface area contributed by atoms with Crippen LogP contribution in [0.25, 0.3) is 0 Å².